The maximum absolute atomic E-state index is 13.5. The molecule has 3 fully saturated rings. The summed E-state index contributed by atoms with van der Waals surface area (Å²) in [6.07, 6.45) is -0.219. The Morgan fingerprint density at radius 1 is 0.404 bits per heavy atom. The minimum Gasteiger partial charge on any atom is -0.460 e. The van der Waals surface area contributed by atoms with Crippen molar-refractivity contribution in [3.05, 3.63) is 257 Å². The van der Waals surface area contributed by atoms with Gasteiger partial charge < -0.3 is 43.7 Å². The molecule has 3 saturated heterocycles. The number of piperidine rings is 3. The Morgan fingerprint density at radius 2 is 0.679 bits per heavy atom. The molecule has 3 amide bonds. The summed E-state index contributed by atoms with van der Waals surface area (Å²) in [7, 11) is -1.51. The number of hydrogen-bond donors (Lipinski definition) is 3. The van der Waals surface area contributed by atoms with Crippen molar-refractivity contribution in [2.45, 2.75) is 89.5 Å². The molecule has 109 heavy (non-hydrogen) atoms. The van der Waals surface area contributed by atoms with Crippen LogP contribution in [0.5, 0.6) is 0 Å². The number of amides is 3. The first-order valence-corrected chi connectivity index (χ1v) is 36.7. The van der Waals surface area contributed by atoms with E-state index in [0.717, 1.165) is 102 Å². The lowest BCUT2D eigenvalue weighted by Crippen LogP contribution is -2.42. The normalized spacial score (nSPS) is 15.0. The Bertz CT molecular complexity index is 4900. The summed E-state index contributed by atoms with van der Waals surface area (Å²) in [4.78, 5) is 42.6. The van der Waals surface area contributed by atoms with Gasteiger partial charge in [0.2, 0.25) is 0 Å². The third-order valence-corrected chi connectivity index (χ3v) is 19.4. The van der Waals surface area contributed by atoms with Gasteiger partial charge in [-0.3, -0.25) is 14.4 Å². The van der Waals surface area contributed by atoms with Crippen LogP contribution in [-0.4, -0.2) is 112 Å². The van der Waals surface area contributed by atoms with Gasteiger partial charge in [0.15, 0.2) is 5.58 Å². The minimum atomic E-state index is -2.70. The van der Waals surface area contributed by atoms with Crippen molar-refractivity contribution in [1.82, 2.24) is 14.7 Å². The Hall–Kier alpha value is -9.81. The Balaban J connectivity index is 0.000000150. The molecule has 0 atom stereocenters. The maximum Gasteiger partial charge on any atom is 0.488 e. The van der Waals surface area contributed by atoms with Crippen molar-refractivity contribution in [2.24, 2.45) is 5.73 Å². The molecule has 12 aromatic rings. The van der Waals surface area contributed by atoms with Gasteiger partial charge in [0, 0.05) is 135 Å². The van der Waals surface area contributed by atoms with Crippen molar-refractivity contribution in [3.8, 4) is 55.6 Å². The van der Waals surface area contributed by atoms with E-state index in [2.05, 4.69) is 0 Å². The number of nitrogens with zero attached hydrogens (tertiary/aromatic N) is 3. The molecule has 6 heterocycles. The molecule has 9 aromatic carbocycles. The van der Waals surface area contributed by atoms with Gasteiger partial charge in [-0.05, 0) is 177 Å². The van der Waals surface area contributed by atoms with E-state index in [1.807, 2.05) is 105 Å². The first-order valence-electron chi connectivity index (χ1n) is 35.3. The van der Waals surface area contributed by atoms with Gasteiger partial charge in [-0.2, -0.15) is 0 Å². The summed E-state index contributed by atoms with van der Waals surface area (Å²) >= 11 is 15.9. The van der Waals surface area contributed by atoms with E-state index in [0.29, 0.717) is 44.1 Å². The SMILES string of the molecule is CCc1cc2cc(-c3ccc(C(=O)N4CCC(F)(F)CC4)cc3)cc(-c3ccc(F)cc3)c2o1.CCc1cc2cc(-c3ccc(C(=O)N4CCC(F)(F)CC4)cc3)cc(Cl)c2o1.ClCCl.NCc1cc2cc(-c3ccc(C(=O)N4CCC(F)(F)CC4)cc3)cc(-c3ccc(F)cc3)c2o1.OB(O)c1ccc(F)cc1. The number of aryl methyl sites for hydroxylation is 2. The molecule has 3 aliphatic heterocycles. The molecular formula is C84H75BCl3F9N4O8. The monoisotopic (exact) mass is 1550 g/mol. The number of nitrogens with two attached hydrogens (primary N) is 1. The number of fused-ring (bicyclic) bond motifs is 3. The third-order valence-electron chi connectivity index (χ3n) is 19.1. The number of alkyl halides is 8. The molecule has 566 valence electrons. The average molecular weight is 1560 g/mol. The molecular weight excluding hydrogens is 1480 g/mol. The molecule has 0 aliphatic carbocycles. The topological polar surface area (TPSA) is 167 Å². The second-order valence-electron chi connectivity index (χ2n) is 26.5. The second kappa shape index (κ2) is 35.3. The predicted octanol–water partition coefficient (Wildman–Crippen LogP) is 20.7. The molecule has 25 heteroatoms. The van der Waals surface area contributed by atoms with Gasteiger partial charge in [-0.15, -0.1) is 23.2 Å². The number of hydrogen-bond acceptors (Lipinski definition) is 9. The molecule has 0 bridgehead atoms. The van der Waals surface area contributed by atoms with Crippen molar-refractivity contribution < 1.29 is 77.2 Å². The fraction of sp³-hybridized carbons (Fsp3) is 0.250. The fourth-order valence-electron chi connectivity index (χ4n) is 12.9. The highest BCUT2D eigenvalue weighted by atomic mass is 35.5. The van der Waals surface area contributed by atoms with Gasteiger partial charge in [0.05, 0.1) is 16.9 Å². The molecule has 0 radical (unpaired) electrons. The molecule has 4 N–H and O–H groups in total. The largest absolute Gasteiger partial charge is 0.488 e. The Labute approximate surface area is 638 Å². The molecule has 0 saturated carbocycles. The van der Waals surface area contributed by atoms with Gasteiger partial charge in [-0.1, -0.05) is 98.2 Å². The minimum absolute atomic E-state index is 0.0508. The van der Waals surface area contributed by atoms with Crippen LogP contribution in [-0.2, 0) is 19.4 Å². The molecule has 3 aliphatic rings. The summed E-state index contributed by atoms with van der Waals surface area (Å²) < 4.78 is 137. The van der Waals surface area contributed by atoms with Crippen molar-refractivity contribution in [1.29, 1.82) is 0 Å². The first-order chi connectivity index (χ1) is 52.1. The number of likely N-dealkylation sites (tertiary alicyclic amines) is 3. The van der Waals surface area contributed by atoms with Crippen LogP contribution in [0.3, 0.4) is 0 Å². The Kier molecular flexibility index (Phi) is 26.0. The van der Waals surface area contributed by atoms with E-state index in [9.17, 15) is 53.9 Å². The Morgan fingerprint density at radius 3 is 0.991 bits per heavy atom. The van der Waals surface area contributed by atoms with E-state index in [4.69, 9.17) is 63.8 Å². The molecule has 15 rings (SSSR count). The summed E-state index contributed by atoms with van der Waals surface area (Å²) in [5.74, 6) is -7.36. The lowest BCUT2D eigenvalue weighted by Gasteiger charge is -2.31. The van der Waals surface area contributed by atoms with E-state index < -0.39 is 24.9 Å². The number of carbonyl (C=O) groups excluding carboxylic acids is 3. The average Bonchev–Trinajstić information content (AvgIpc) is 1.69. The molecule has 0 unspecified atom stereocenters. The van der Waals surface area contributed by atoms with Crippen LogP contribution in [0.25, 0.3) is 88.5 Å². The number of carbonyl (C=O) groups is 3. The maximum atomic E-state index is 13.5. The predicted molar refractivity (Wildman–Crippen MR) is 410 cm³/mol. The zero-order chi connectivity index (χ0) is 77.9. The smallest absolute Gasteiger partial charge is 0.460 e. The van der Waals surface area contributed by atoms with Crippen LogP contribution in [0.15, 0.2) is 213 Å². The number of furan rings is 3. The zero-order valence-corrected chi connectivity index (χ0v) is 61.5. The molecule has 12 nitrogen and oxygen atoms in total. The first kappa shape index (κ1) is 80.2. The van der Waals surface area contributed by atoms with Crippen LogP contribution in [0.2, 0.25) is 5.02 Å². The fourth-order valence-corrected chi connectivity index (χ4v) is 13.2. The molecule has 0 spiro atoms. The van der Waals surface area contributed by atoms with Crippen LogP contribution in [0.1, 0.15) is 101 Å². The number of benzene rings is 9. The number of halogens is 12. The van der Waals surface area contributed by atoms with Crippen LogP contribution < -0.4 is 11.2 Å². The van der Waals surface area contributed by atoms with Gasteiger partial charge >= 0.3 is 7.12 Å². The van der Waals surface area contributed by atoms with Gasteiger partial charge in [0.1, 0.15) is 45.9 Å². The lowest BCUT2D eigenvalue weighted by molar-refractivity contribution is -0.0503. The van der Waals surface area contributed by atoms with E-state index in [-0.39, 0.29) is 125 Å². The zero-order valence-electron chi connectivity index (χ0n) is 59.2. The van der Waals surface area contributed by atoms with Gasteiger partial charge in [-0.25, -0.2) is 39.5 Å². The van der Waals surface area contributed by atoms with Crippen molar-refractivity contribution in [3.63, 3.8) is 0 Å². The third kappa shape index (κ3) is 20.2. The highest BCUT2D eigenvalue weighted by molar-refractivity contribution is 6.58. The number of rotatable bonds is 12. The summed E-state index contributed by atoms with van der Waals surface area (Å²) in [6.45, 7) is 4.69. The lowest BCUT2D eigenvalue weighted by atomic mass is 9.80. The second-order valence-corrected chi connectivity index (χ2v) is 27.7. The van der Waals surface area contributed by atoms with Gasteiger partial charge in [0.25, 0.3) is 35.5 Å². The highest BCUT2D eigenvalue weighted by Gasteiger charge is 2.38. The van der Waals surface area contributed by atoms with Crippen molar-refractivity contribution >= 4 is 98.0 Å². The van der Waals surface area contributed by atoms with E-state index in [1.165, 1.54) is 63.2 Å². The molecule has 3 aromatic heterocycles. The van der Waals surface area contributed by atoms with Crippen LogP contribution >= 0.6 is 34.8 Å². The van der Waals surface area contributed by atoms with E-state index >= 15 is 0 Å². The van der Waals surface area contributed by atoms with Crippen LogP contribution in [0.4, 0.5) is 39.5 Å². The quantitative estimate of drug-likeness (QED) is 0.0613. The summed E-state index contributed by atoms with van der Waals surface area (Å²) in [5.41, 5.74) is 18.4. The standard InChI is InChI=1S/C28H24F3NO2.C27H23F3N2O2.C22H20ClF2NO2.C6H6BFO2.CH2Cl2/c1-2-24-16-22-15-21(17-25(26(22)34-24)19-7-9-23(29)10-8-19)18-3-5-20(6-4-18)27(33)32-13-11-28(30,31)12-14-32;28-22-7-5-18(6-8-22)24-15-20(13-21-14-23(16-31)34-25(21)24)17-1-3-19(4-2-17)26(33)32-11-9-27(29,30)10-12-32;1-2-18-12-17-11-16(13-19(23)20(17)28-18)14-3-5-15(6-4-14)21(27)26-9-7-22(24,25)8-10-26;8-6-3-1-5(2-4-6)7(9)10;2-1-3/h3-10,15-17H,2,11-14H2,1H3;1-8,13-15H,9-12,16,31H2;3-6,11-13H,2,7-10H2,1H3;1-4,9-10H;1H2. The van der Waals surface area contributed by atoms with Crippen LogP contribution in [0, 0.1) is 17.5 Å². The highest BCUT2D eigenvalue weighted by Crippen LogP contribution is 2.41. The van der Waals surface area contributed by atoms with E-state index in [1.54, 1.807) is 60.7 Å². The summed E-state index contributed by atoms with van der Waals surface area (Å²) in [6, 6.07) is 56.7. The summed E-state index contributed by atoms with van der Waals surface area (Å²) in [5, 5.41) is 20.6. The van der Waals surface area contributed by atoms with Crippen molar-refractivity contribution in [2.75, 3.05) is 44.6 Å².